The lowest BCUT2D eigenvalue weighted by atomic mass is 10.1. The maximum Gasteiger partial charge on any atom is 0.340 e. The number of ether oxygens (including phenoxy) is 1. The first kappa shape index (κ1) is 15.5. The Balaban J connectivity index is 2.34. The summed E-state index contributed by atoms with van der Waals surface area (Å²) in [4.78, 5) is 38.5. The fraction of sp³-hybridized carbons (Fsp3) is 0.125. The average Bonchev–Trinajstić information content (AvgIpc) is 2.52. The van der Waals surface area contributed by atoms with Crippen LogP contribution in [0.5, 0.6) is 0 Å². The van der Waals surface area contributed by atoms with Gasteiger partial charge in [0.15, 0.2) is 11.3 Å². The number of carboxylic acid groups (broad SMARTS) is 1. The van der Waals surface area contributed by atoms with Crippen molar-refractivity contribution in [2.24, 2.45) is 0 Å². The zero-order valence-corrected chi connectivity index (χ0v) is 12.5. The zero-order chi connectivity index (χ0) is 17.4. The number of fused-ring (bicyclic) bond motifs is 2. The first-order valence-corrected chi connectivity index (χ1v) is 6.90. The molecule has 0 radical (unpaired) electrons. The number of nitrogen functional groups attached to an aromatic ring is 1. The highest BCUT2D eigenvalue weighted by atomic mass is 16.5. The normalized spacial score (nSPS) is 10.9. The molecule has 2 aliphatic rings. The van der Waals surface area contributed by atoms with Crippen molar-refractivity contribution in [2.75, 3.05) is 5.73 Å². The van der Waals surface area contributed by atoms with Crippen molar-refractivity contribution in [2.45, 2.75) is 13.5 Å². The highest BCUT2D eigenvalue weighted by Crippen LogP contribution is 2.30. The van der Waals surface area contributed by atoms with Gasteiger partial charge in [-0.05, 0) is 6.07 Å². The molecule has 1 aliphatic heterocycles. The number of para-hydroxylation sites is 1. The van der Waals surface area contributed by atoms with Crippen LogP contribution in [0.15, 0.2) is 33.5 Å². The van der Waals surface area contributed by atoms with E-state index in [1.807, 2.05) is 0 Å². The number of aromatic nitrogens is 1. The fourth-order valence-corrected chi connectivity index (χ4v) is 2.35. The van der Waals surface area contributed by atoms with Gasteiger partial charge in [0.1, 0.15) is 23.4 Å². The Hall–Kier alpha value is -3.42. The number of carbonyl (C=O) groups is 2. The second-order valence-corrected chi connectivity index (χ2v) is 5.07. The summed E-state index contributed by atoms with van der Waals surface area (Å²) in [5.41, 5.74) is 5.26. The molecule has 0 bridgehead atoms. The van der Waals surface area contributed by atoms with Crippen molar-refractivity contribution in [3.8, 4) is 11.5 Å². The smallest absolute Gasteiger partial charge is 0.340 e. The minimum atomic E-state index is -1.38. The second-order valence-electron chi connectivity index (χ2n) is 5.07. The number of nitrogens with zero attached hydrogens (tertiary/aromatic N) is 1. The summed E-state index contributed by atoms with van der Waals surface area (Å²) >= 11 is 0. The monoisotopic (exact) mass is 328 g/mol. The SMILES string of the molecule is CC(=O)OCc1cccc2oc3cc(=O)c(N)c(C(=O)O)c-3nc12. The predicted molar refractivity (Wildman–Crippen MR) is 83.7 cm³/mol. The van der Waals surface area contributed by atoms with Crippen molar-refractivity contribution in [3.05, 3.63) is 45.6 Å². The molecule has 0 spiro atoms. The molecular formula is C16H12N2O6. The number of hydrogen-bond acceptors (Lipinski definition) is 7. The van der Waals surface area contributed by atoms with E-state index in [9.17, 15) is 19.5 Å². The lowest BCUT2D eigenvalue weighted by Gasteiger charge is -2.12. The third kappa shape index (κ3) is 2.54. The van der Waals surface area contributed by atoms with Crippen LogP contribution in [0.1, 0.15) is 22.8 Å². The fourth-order valence-electron chi connectivity index (χ4n) is 2.35. The molecule has 3 N–H and O–H groups in total. The van der Waals surface area contributed by atoms with Gasteiger partial charge in [0.2, 0.25) is 5.43 Å². The molecule has 8 heteroatoms. The van der Waals surface area contributed by atoms with Gasteiger partial charge in [-0.25, -0.2) is 9.78 Å². The van der Waals surface area contributed by atoms with Crippen LogP contribution in [0, 0.1) is 0 Å². The van der Waals surface area contributed by atoms with E-state index < -0.39 is 28.6 Å². The molecule has 3 rings (SSSR count). The number of nitrogens with two attached hydrogens (primary N) is 1. The summed E-state index contributed by atoms with van der Waals surface area (Å²) < 4.78 is 10.6. The highest BCUT2D eigenvalue weighted by Gasteiger charge is 2.24. The Kier molecular flexibility index (Phi) is 3.64. The molecule has 1 aromatic rings. The number of esters is 1. The molecule has 0 amide bonds. The van der Waals surface area contributed by atoms with Crippen LogP contribution in [0.3, 0.4) is 0 Å². The molecule has 1 heterocycles. The topological polar surface area (TPSA) is 133 Å². The maximum atomic E-state index is 11.8. The Morgan fingerprint density at radius 3 is 2.79 bits per heavy atom. The lowest BCUT2D eigenvalue weighted by molar-refractivity contribution is -0.142. The molecule has 0 saturated carbocycles. The number of anilines is 1. The number of carbonyl (C=O) groups excluding carboxylic acids is 1. The van der Waals surface area contributed by atoms with Crippen LogP contribution < -0.4 is 11.2 Å². The number of hydrogen-bond donors (Lipinski definition) is 2. The van der Waals surface area contributed by atoms with Crippen LogP contribution in [-0.4, -0.2) is 22.0 Å². The Bertz CT molecular complexity index is 1010. The van der Waals surface area contributed by atoms with Crippen molar-refractivity contribution < 1.29 is 23.8 Å². The number of aromatic carboxylic acids is 1. The predicted octanol–water partition coefficient (Wildman–Crippen LogP) is 1.64. The summed E-state index contributed by atoms with van der Waals surface area (Å²) in [6, 6.07) is 6.06. The number of benzene rings is 2. The van der Waals surface area contributed by atoms with Crippen molar-refractivity contribution in [1.29, 1.82) is 0 Å². The van der Waals surface area contributed by atoms with Crippen LogP contribution in [0.4, 0.5) is 5.69 Å². The standard InChI is InChI=1S/C16H12N2O6/c1-7(19)23-6-8-3-2-4-10-14(8)18-15-11(24-10)5-9(20)13(17)12(15)16(21)22/h2-5H,6,17H2,1H3,(H,21,22). The molecule has 1 aliphatic carbocycles. The van der Waals surface area contributed by atoms with E-state index in [0.29, 0.717) is 16.7 Å². The summed E-state index contributed by atoms with van der Waals surface area (Å²) in [6.45, 7) is 1.23. The van der Waals surface area contributed by atoms with E-state index >= 15 is 0 Å². The van der Waals surface area contributed by atoms with Gasteiger partial charge in [0, 0.05) is 18.6 Å². The van der Waals surface area contributed by atoms with Gasteiger partial charge < -0.3 is 20.0 Å². The molecular weight excluding hydrogens is 316 g/mol. The average molecular weight is 328 g/mol. The van der Waals surface area contributed by atoms with Crippen molar-refractivity contribution >= 4 is 28.7 Å². The van der Waals surface area contributed by atoms with Gasteiger partial charge in [-0.2, -0.15) is 0 Å². The first-order chi connectivity index (χ1) is 11.4. The van der Waals surface area contributed by atoms with Crippen LogP contribution in [0.2, 0.25) is 0 Å². The van der Waals surface area contributed by atoms with E-state index in [4.69, 9.17) is 14.9 Å². The largest absolute Gasteiger partial charge is 0.478 e. The van der Waals surface area contributed by atoms with Gasteiger partial charge in [-0.15, -0.1) is 0 Å². The Morgan fingerprint density at radius 1 is 1.38 bits per heavy atom. The maximum absolute atomic E-state index is 11.8. The molecule has 0 atom stereocenters. The molecule has 0 unspecified atom stereocenters. The van der Waals surface area contributed by atoms with Crippen molar-refractivity contribution in [3.63, 3.8) is 0 Å². The molecule has 0 aromatic heterocycles. The molecule has 122 valence electrons. The zero-order valence-electron chi connectivity index (χ0n) is 12.5. The van der Waals surface area contributed by atoms with Crippen LogP contribution in [0.25, 0.3) is 22.6 Å². The van der Waals surface area contributed by atoms with E-state index in [1.165, 1.54) is 6.92 Å². The van der Waals surface area contributed by atoms with Crippen LogP contribution in [-0.2, 0) is 16.1 Å². The quantitative estimate of drug-likeness (QED) is 0.421. The van der Waals surface area contributed by atoms with Crippen molar-refractivity contribution in [1.82, 2.24) is 4.98 Å². The summed E-state index contributed by atoms with van der Waals surface area (Å²) in [7, 11) is 0. The van der Waals surface area contributed by atoms with E-state index in [2.05, 4.69) is 4.98 Å². The lowest BCUT2D eigenvalue weighted by Crippen LogP contribution is -2.17. The van der Waals surface area contributed by atoms with E-state index in [1.54, 1.807) is 18.2 Å². The third-order valence-electron chi connectivity index (χ3n) is 3.44. The summed E-state index contributed by atoms with van der Waals surface area (Å²) in [6.07, 6.45) is 0. The molecule has 24 heavy (non-hydrogen) atoms. The van der Waals surface area contributed by atoms with Gasteiger partial charge in [-0.1, -0.05) is 12.1 Å². The van der Waals surface area contributed by atoms with Gasteiger partial charge >= 0.3 is 11.9 Å². The molecule has 0 fully saturated rings. The number of carboxylic acids is 1. The van der Waals surface area contributed by atoms with E-state index in [-0.39, 0.29) is 18.1 Å². The Morgan fingerprint density at radius 2 is 2.12 bits per heavy atom. The van der Waals surface area contributed by atoms with Gasteiger partial charge in [0.05, 0.1) is 5.69 Å². The Labute approximate surface area is 134 Å². The minimum absolute atomic E-state index is 0.0173. The second kappa shape index (κ2) is 5.65. The first-order valence-electron chi connectivity index (χ1n) is 6.90. The molecule has 8 nitrogen and oxygen atoms in total. The van der Waals surface area contributed by atoms with Gasteiger partial charge in [-0.3, -0.25) is 9.59 Å². The highest BCUT2D eigenvalue weighted by molar-refractivity contribution is 6.01. The minimum Gasteiger partial charge on any atom is -0.478 e. The summed E-state index contributed by atoms with van der Waals surface area (Å²) in [5.74, 6) is -1.82. The number of rotatable bonds is 3. The summed E-state index contributed by atoms with van der Waals surface area (Å²) in [5, 5.41) is 9.34. The molecule has 1 aromatic carbocycles. The molecule has 0 saturated heterocycles. The van der Waals surface area contributed by atoms with Crippen LogP contribution >= 0.6 is 0 Å². The van der Waals surface area contributed by atoms with E-state index in [0.717, 1.165) is 6.07 Å². The van der Waals surface area contributed by atoms with Gasteiger partial charge in [0.25, 0.3) is 0 Å². The third-order valence-corrected chi connectivity index (χ3v) is 3.44.